The Bertz CT molecular complexity index is 509. The van der Waals surface area contributed by atoms with Crippen LogP contribution in [0.2, 0.25) is 0 Å². The second-order valence-electron chi connectivity index (χ2n) is 4.69. The van der Waals surface area contributed by atoms with Gasteiger partial charge in [0, 0.05) is 18.2 Å². The number of benzene rings is 1. The standard InChI is InChI=1S/C16H21NO2/c1-5-17(12(2)3)16(19)15-11-13(4)8-9-14(15)7-6-10-18/h8-9,11-12,18H,5,10H2,1-4H3. The molecule has 0 unspecified atom stereocenters. The maximum atomic E-state index is 12.5. The monoisotopic (exact) mass is 259 g/mol. The summed E-state index contributed by atoms with van der Waals surface area (Å²) < 4.78 is 0. The van der Waals surface area contributed by atoms with Crippen LogP contribution in [-0.2, 0) is 0 Å². The van der Waals surface area contributed by atoms with Crippen molar-refractivity contribution in [3.8, 4) is 11.8 Å². The average molecular weight is 259 g/mol. The molecule has 1 aromatic carbocycles. The minimum absolute atomic E-state index is 0.0107. The average Bonchev–Trinajstić information content (AvgIpc) is 2.37. The van der Waals surface area contributed by atoms with Crippen LogP contribution >= 0.6 is 0 Å². The first-order valence-electron chi connectivity index (χ1n) is 6.52. The van der Waals surface area contributed by atoms with E-state index < -0.39 is 0 Å². The summed E-state index contributed by atoms with van der Waals surface area (Å²) in [7, 11) is 0. The van der Waals surface area contributed by atoms with Gasteiger partial charge in [-0.1, -0.05) is 23.5 Å². The Morgan fingerprint density at radius 1 is 1.42 bits per heavy atom. The number of nitrogens with zero attached hydrogens (tertiary/aromatic N) is 1. The fourth-order valence-corrected chi connectivity index (χ4v) is 1.98. The van der Waals surface area contributed by atoms with Crippen molar-refractivity contribution in [1.29, 1.82) is 0 Å². The van der Waals surface area contributed by atoms with Crippen molar-refractivity contribution in [2.45, 2.75) is 33.7 Å². The number of carbonyl (C=O) groups excluding carboxylic acids is 1. The zero-order valence-corrected chi connectivity index (χ0v) is 12.0. The van der Waals surface area contributed by atoms with Gasteiger partial charge in [-0.25, -0.2) is 0 Å². The van der Waals surface area contributed by atoms with E-state index in [9.17, 15) is 4.79 Å². The molecule has 1 aromatic rings. The van der Waals surface area contributed by atoms with Crippen LogP contribution in [0.25, 0.3) is 0 Å². The number of hydrogen-bond donors (Lipinski definition) is 1. The number of aryl methyl sites for hydroxylation is 1. The van der Waals surface area contributed by atoms with Gasteiger partial charge in [-0.2, -0.15) is 0 Å². The van der Waals surface area contributed by atoms with Crippen LogP contribution in [0.15, 0.2) is 18.2 Å². The Kier molecular flexibility index (Phi) is 5.59. The van der Waals surface area contributed by atoms with E-state index in [1.165, 1.54) is 0 Å². The van der Waals surface area contributed by atoms with Crippen molar-refractivity contribution >= 4 is 5.91 Å². The molecule has 0 atom stereocenters. The molecule has 0 fully saturated rings. The molecule has 0 heterocycles. The number of amides is 1. The Labute approximate surface area is 115 Å². The smallest absolute Gasteiger partial charge is 0.255 e. The highest BCUT2D eigenvalue weighted by Gasteiger charge is 2.19. The number of aliphatic hydroxyl groups excluding tert-OH is 1. The summed E-state index contributed by atoms with van der Waals surface area (Å²) in [6.07, 6.45) is 0. The quantitative estimate of drug-likeness (QED) is 0.845. The van der Waals surface area contributed by atoms with Crippen LogP contribution in [0, 0.1) is 18.8 Å². The van der Waals surface area contributed by atoms with Crippen LogP contribution in [-0.4, -0.2) is 35.1 Å². The minimum Gasteiger partial charge on any atom is -0.384 e. The summed E-state index contributed by atoms with van der Waals surface area (Å²) in [5.74, 6) is 5.43. The van der Waals surface area contributed by atoms with E-state index in [1.807, 2.05) is 45.9 Å². The molecule has 0 aliphatic rings. The number of carbonyl (C=O) groups is 1. The van der Waals surface area contributed by atoms with Crippen molar-refractivity contribution in [2.75, 3.05) is 13.2 Å². The largest absolute Gasteiger partial charge is 0.384 e. The van der Waals surface area contributed by atoms with Gasteiger partial charge in [0.05, 0.1) is 5.56 Å². The summed E-state index contributed by atoms with van der Waals surface area (Å²) in [6, 6.07) is 5.76. The van der Waals surface area contributed by atoms with E-state index >= 15 is 0 Å². The van der Waals surface area contributed by atoms with Crippen molar-refractivity contribution in [3.05, 3.63) is 34.9 Å². The first kappa shape index (κ1) is 15.3. The highest BCUT2D eigenvalue weighted by atomic mass is 16.2. The summed E-state index contributed by atoms with van der Waals surface area (Å²) in [5, 5.41) is 8.79. The fourth-order valence-electron chi connectivity index (χ4n) is 1.98. The second-order valence-corrected chi connectivity index (χ2v) is 4.69. The van der Waals surface area contributed by atoms with Gasteiger partial charge in [0.15, 0.2) is 0 Å². The van der Waals surface area contributed by atoms with Gasteiger partial charge < -0.3 is 10.0 Å². The topological polar surface area (TPSA) is 40.5 Å². The van der Waals surface area contributed by atoms with Crippen LogP contribution in [0.1, 0.15) is 42.3 Å². The summed E-state index contributed by atoms with van der Waals surface area (Å²) >= 11 is 0. The molecule has 3 heteroatoms. The van der Waals surface area contributed by atoms with Gasteiger partial charge in [-0.15, -0.1) is 0 Å². The number of hydrogen-bond acceptors (Lipinski definition) is 2. The van der Waals surface area contributed by atoms with E-state index in [1.54, 1.807) is 4.90 Å². The predicted molar refractivity (Wildman–Crippen MR) is 77.0 cm³/mol. The van der Waals surface area contributed by atoms with Gasteiger partial charge >= 0.3 is 0 Å². The Morgan fingerprint density at radius 2 is 2.11 bits per heavy atom. The molecule has 1 N–H and O–H groups in total. The molecule has 1 rings (SSSR count). The van der Waals surface area contributed by atoms with Gasteiger partial charge in [-0.3, -0.25) is 4.79 Å². The minimum atomic E-state index is -0.205. The second kappa shape index (κ2) is 6.96. The van der Waals surface area contributed by atoms with Crippen molar-refractivity contribution in [1.82, 2.24) is 4.90 Å². The molecule has 102 valence electrons. The summed E-state index contributed by atoms with van der Waals surface area (Å²) in [5.41, 5.74) is 2.30. The Balaban J connectivity index is 3.23. The molecule has 1 amide bonds. The third-order valence-electron chi connectivity index (χ3n) is 2.93. The van der Waals surface area contributed by atoms with Crippen LogP contribution in [0.4, 0.5) is 0 Å². The molecule has 0 bridgehead atoms. The maximum absolute atomic E-state index is 12.5. The molecule has 0 radical (unpaired) electrons. The molecule has 0 spiro atoms. The van der Waals surface area contributed by atoms with E-state index in [0.717, 1.165) is 5.56 Å². The predicted octanol–water partition coefficient (Wildman–Crippen LogP) is 2.21. The van der Waals surface area contributed by atoms with E-state index in [-0.39, 0.29) is 18.6 Å². The molecule has 0 aliphatic heterocycles. The fraction of sp³-hybridized carbons (Fsp3) is 0.438. The molecule has 0 saturated heterocycles. The van der Waals surface area contributed by atoms with E-state index in [0.29, 0.717) is 17.7 Å². The van der Waals surface area contributed by atoms with Gasteiger partial charge in [0.25, 0.3) is 5.91 Å². The summed E-state index contributed by atoms with van der Waals surface area (Å²) in [4.78, 5) is 14.4. The lowest BCUT2D eigenvalue weighted by Crippen LogP contribution is -2.37. The Hall–Kier alpha value is -1.79. The summed E-state index contributed by atoms with van der Waals surface area (Å²) in [6.45, 7) is 8.37. The van der Waals surface area contributed by atoms with Gasteiger partial charge in [0.1, 0.15) is 6.61 Å². The molecule has 19 heavy (non-hydrogen) atoms. The van der Waals surface area contributed by atoms with Crippen LogP contribution < -0.4 is 0 Å². The normalized spacial score (nSPS) is 10.0. The van der Waals surface area contributed by atoms with Gasteiger partial charge in [0.2, 0.25) is 0 Å². The molecular formula is C16H21NO2. The third kappa shape index (κ3) is 3.84. The van der Waals surface area contributed by atoms with Crippen molar-refractivity contribution < 1.29 is 9.90 Å². The lowest BCUT2D eigenvalue weighted by Gasteiger charge is -2.25. The lowest BCUT2D eigenvalue weighted by molar-refractivity contribution is 0.0716. The van der Waals surface area contributed by atoms with Crippen LogP contribution in [0.5, 0.6) is 0 Å². The van der Waals surface area contributed by atoms with Crippen LogP contribution in [0.3, 0.4) is 0 Å². The first-order valence-corrected chi connectivity index (χ1v) is 6.52. The molecule has 0 saturated carbocycles. The van der Waals surface area contributed by atoms with Crippen molar-refractivity contribution in [2.24, 2.45) is 0 Å². The first-order chi connectivity index (χ1) is 9.01. The SMILES string of the molecule is CCN(C(=O)c1cc(C)ccc1C#CCO)C(C)C. The van der Waals surface area contributed by atoms with E-state index in [4.69, 9.17) is 5.11 Å². The number of aliphatic hydroxyl groups is 1. The highest BCUT2D eigenvalue weighted by Crippen LogP contribution is 2.15. The van der Waals surface area contributed by atoms with E-state index in [2.05, 4.69) is 11.8 Å². The molecule has 0 aromatic heterocycles. The lowest BCUT2D eigenvalue weighted by atomic mass is 10.0. The molecule has 3 nitrogen and oxygen atoms in total. The van der Waals surface area contributed by atoms with Gasteiger partial charge in [-0.05, 0) is 39.8 Å². The highest BCUT2D eigenvalue weighted by molar-refractivity contribution is 5.97. The maximum Gasteiger partial charge on any atom is 0.255 e. The Morgan fingerprint density at radius 3 is 2.63 bits per heavy atom. The zero-order chi connectivity index (χ0) is 14.4. The third-order valence-corrected chi connectivity index (χ3v) is 2.93. The molecule has 0 aliphatic carbocycles. The zero-order valence-electron chi connectivity index (χ0n) is 12.0. The molecular weight excluding hydrogens is 238 g/mol. The van der Waals surface area contributed by atoms with Crippen molar-refractivity contribution in [3.63, 3.8) is 0 Å². The number of rotatable bonds is 3.